The standard InChI is InChI=1S/C18H17NO4/c1-22-14-7-3-12(4-8-14)16-11-17(20)19(18(16)21)13-5-9-15(23-2)10-6-13/h3-10,16H,11H2,1-2H3. The predicted octanol–water partition coefficient (Wildman–Crippen LogP) is 2.75. The van der Waals surface area contributed by atoms with Crippen molar-refractivity contribution in [3.63, 3.8) is 0 Å². The van der Waals surface area contributed by atoms with E-state index in [1.165, 1.54) is 4.90 Å². The average Bonchev–Trinajstić information content (AvgIpc) is 2.89. The van der Waals surface area contributed by atoms with Crippen molar-refractivity contribution in [2.24, 2.45) is 0 Å². The molecule has 5 nitrogen and oxygen atoms in total. The number of rotatable bonds is 4. The number of hydrogen-bond donors (Lipinski definition) is 0. The molecule has 23 heavy (non-hydrogen) atoms. The summed E-state index contributed by atoms with van der Waals surface area (Å²) in [6, 6.07) is 14.1. The maximum absolute atomic E-state index is 12.7. The van der Waals surface area contributed by atoms with E-state index in [0.29, 0.717) is 11.4 Å². The van der Waals surface area contributed by atoms with E-state index in [2.05, 4.69) is 0 Å². The summed E-state index contributed by atoms with van der Waals surface area (Å²) in [5.74, 6) is 0.555. The Morgan fingerprint density at radius 2 is 1.39 bits per heavy atom. The molecule has 1 saturated heterocycles. The average molecular weight is 311 g/mol. The van der Waals surface area contributed by atoms with Gasteiger partial charge in [-0.2, -0.15) is 0 Å². The zero-order chi connectivity index (χ0) is 16.4. The fraction of sp³-hybridized carbons (Fsp3) is 0.222. The number of imide groups is 1. The SMILES string of the molecule is COc1ccc(C2CC(=O)N(c3ccc(OC)cc3)C2=O)cc1. The smallest absolute Gasteiger partial charge is 0.241 e. The quantitative estimate of drug-likeness (QED) is 0.815. The summed E-state index contributed by atoms with van der Waals surface area (Å²) in [4.78, 5) is 26.2. The third-order valence-corrected chi connectivity index (χ3v) is 4.00. The molecule has 0 saturated carbocycles. The molecule has 1 aliphatic heterocycles. The van der Waals surface area contributed by atoms with E-state index in [9.17, 15) is 9.59 Å². The predicted molar refractivity (Wildman–Crippen MR) is 85.8 cm³/mol. The molecular formula is C18H17NO4. The lowest BCUT2D eigenvalue weighted by Crippen LogP contribution is -2.29. The van der Waals surface area contributed by atoms with Gasteiger partial charge in [0.15, 0.2) is 0 Å². The van der Waals surface area contributed by atoms with Crippen LogP contribution in [0.2, 0.25) is 0 Å². The Bertz CT molecular complexity index is 722. The van der Waals surface area contributed by atoms with Crippen molar-refractivity contribution in [3.05, 3.63) is 54.1 Å². The number of benzene rings is 2. The highest BCUT2D eigenvalue weighted by molar-refractivity contribution is 6.22. The van der Waals surface area contributed by atoms with Crippen molar-refractivity contribution >= 4 is 17.5 Å². The number of carbonyl (C=O) groups is 2. The Morgan fingerprint density at radius 3 is 1.91 bits per heavy atom. The van der Waals surface area contributed by atoms with Crippen LogP contribution >= 0.6 is 0 Å². The van der Waals surface area contributed by atoms with E-state index < -0.39 is 5.92 Å². The Labute approximate surface area is 134 Å². The van der Waals surface area contributed by atoms with Crippen molar-refractivity contribution in [2.75, 3.05) is 19.1 Å². The van der Waals surface area contributed by atoms with Crippen LogP contribution in [0.5, 0.6) is 11.5 Å². The van der Waals surface area contributed by atoms with Crippen LogP contribution in [-0.2, 0) is 9.59 Å². The first-order chi connectivity index (χ1) is 11.1. The zero-order valence-electron chi connectivity index (χ0n) is 13.0. The number of carbonyl (C=O) groups excluding carboxylic acids is 2. The highest BCUT2D eigenvalue weighted by Gasteiger charge is 2.40. The second-order valence-electron chi connectivity index (χ2n) is 5.30. The number of ether oxygens (including phenoxy) is 2. The van der Waals surface area contributed by atoms with Gasteiger partial charge in [0.05, 0.1) is 25.8 Å². The second kappa shape index (κ2) is 6.12. The van der Waals surface area contributed by atoms with Gasteiger partial charge in [-0.05, 0) is 42.0 Å². The molecule has 1 heterocycles. The molecular weight excluding hydrogens is 294 g/mol. The lowest BCUT2D eigenvalue weighted by Gasteiger charge is -2.15. The fourth-order valence-electron chi connectivity index (χ4n) is 2.73. The molecule has 2 aromatic rings. The van der Waals surface area contributed by atoms with E-state index in [1.54, 1.807) is 50.6 Å². The second-order valence-corrected chi connectivity index (χ2v) is 5.30. The third kappa shape index (κ3) is 2.77. The molecule has 5 heteroatoms. The van der Waals surface area contributed by atoms with Crippen LogP contribution in [0.4, 0.5) is 5.69 Å². The van der Waals surface area contributed by atoms with Crippen LogP contribution in [-0.4, -0.2) is 26.0 Å². The molecule has 0 aromatic heterocycles. The maximum Gasteiger partial charge on any atom is 0.241 e. The van der Waals surface area contributed by atoms with E-state index in [1.807, 2.05) is 12.1 Å². The highest BCUT2D eigenvalue weighted by atomic mass is 16.5. The lowest BCUT2D eigenvalue weighted by atomic mass is 9.97. The van der Waals surface area contributed by atoms with Gasteiger partial charge in [0.1, 0.15) is 11.5 Å². The Kier molecular flexibility index (Phi) is 4.02. The summed E-state index contributed by atoms with van der Waals surface area (Å²) in [6.45, 7) is 0. The minimum Gasteiger partial charge on any atom is -0.497 e. The van der Waals surface area contributed by atoms with Gasteiger partial charge in [0.25, 0.3) is 0 Å². The molecule has 118 valence electrons. The molecule has 2 amide bonds. The first kappa shape index (κ1) is 15.1. The number of methoxy groups -OCH3 is 2. The van der Waals surface area contributed by atoms with Gasteiger partial charge in [-0.15, -0.1) is 0 Å². The first-order valence-corrected chi connectivity index (χ1v) is 7.29. The van der Waals surface area contributed by atoms with Gasteiger partial charge in [0, 0.05) is 6.42 Å². The lowest BCUT2D eigenvalue weighted by molar-refractivity contribution is -0.121. The maximum atomic E-state index is 12.7. The van der Waals surface area contributed by atoms with Gasteiger partial charge >= 0.3 is 0 Å². The molecule has 1 fully saturated rings. The normalized spacial score (nSPS) is 17.5. The van der Waals surface area contributed by atoms with Gasteiger partial charge in [0.2, 0.25) is 11.8 Å². The highest BCUT2D eigenvalue weighted by Crippen LogP contribution is 2.34. The molecule has 3 rings (SSSR count). The molecule has 1 atom stereocenters. The van der Waals surface area contributed by atoms with Crippen molar-refractivity contribution in [1.29, 1.82) is 0 Å². The summed E-state index contributed by atoms with van der Waals surface area (Å²) in [5.41, 5.74) is 1.39. The van der Waals surface area contributed by atoms with E-state index >= 15 is 0 Å². The molecule has 0 aliphatic carbocycles. The summed E-state index contributed by atoms with van der Waals surface area (Å²) in [6.07, 6.45) is 0.178. The van der Waals surface area contributed by atoms with Gasteiger partial charge in [-0.3, -0.25) is 14.5 Å². The van der Waals surface area contributed by atoms with E-state index in [0.717, 1.165) is 11.3 Å². The molecule has 0 spiro atoms. The van der Waals surface area contributed by atoms with Gasteiger partial charge in [-0.25, -0.2) is 0 Å². The summed E-state index contributed by atoms with van der Waals surface area (Å²) in [7, 11) is 3.16. The Balaban J connectivity index is 1.86. The van der Waals surface area contributed by atoms with Crippen LogP contribution in [0, 0.1) is 0 Å². The first-order valence-electron chi connectivity index (χ1n) is 7.29. The Morgan fingerprint density at radius 1 is 0.870 bits per heavy atom. The van der Waals surface area contributed by atoms with E-state index in [-0.39, 0.29) is 18.2 Å². The minimum atomic E-state index is -0.449. The molecule has 0 N–H and O–H groups in total. The largest absolute Gasteiger partial charge is 0.497 e. The minimum absolute atomic E-state index is 0.178. The van der Waals surface area contributed by atoms with Crippen LogP contribution in [0.3, 0.4) is 0 Å². The number of nitrogens with zero attached hydrogens (tertiary/aromatic N) is 1. The Hall–Kier alpha value is -2.82. The van der Waals surface area contributed by atoms with Gasteiger partial charge in [-0.1, -0.05) is 12.1 Å². The number of anilines is 1. The third-order valence-electron chi connectivity index (χ3n) is 4.00. The van der Waals surface area contributed by atoms with Gasteiger partial charge < -0.3 is 9.47 Å². The number of amides is 2. The number of hydrogen-bond acceptors (Lipinski definition) is 4. The molecule has 0 bridgehead atoms. The van der Waals surface area contributed by atoms with Crippen molar-refractivity contribution < 1.29 is 19.1 Å². The van der Waals surface area contributed by atoms with Crippen molar-refractivity contribution in [1.82, 2.24) is 0 Å². The van der Waals surface area contributed by atoms with Crippen molar-refractivity contribution in [2.45, 2.75) is 12.3 Å². The summed E-state index contributed by atoms with van der Waals surface area (Å²) < 4.78 is 10.2. The van der Waals surface area contributed by atoms with E-state index in [4.69, 9.17) is 9.47 Å². The monoisotopic (exact) mass is 311 g/mol. The zero-order valence-corrected chi connectivity index (χ0v) is 13.0. The molecule has 0 radical (unpaired) electrons. The van der Waals surface area contributed by atoms with Crippen LogP contribution in [0.15, 0.2) is 48.5 Å². The van der Waals surface area contributed by atoms with Crippen LogP contribution in [0.1, 0.15) is 17.9 Å². The summed E-state index contributed by atoms with van der Waals surface area (Å²) >= 11 is 0. The molecule has 2 aromatic carbocycles. The van der Waals surface area contributed by atoms with Crippen LogP contribution < -0.4 is 14.4 Å². The topological polar surface area (TPSA) is 55.8 Å². The van der Waals surface area contributed by atoms with Crippen molar-refractivity contribution in [3.8, 4) is 11.5 Å². The van der Waals surface area contributed by atoms with Crippen LogP contribution in [0.25, 0.3) is 0 Å². The fourth-order valence-corrected chi connectivity index (χ4v) is 2.73. The molecule has 1 aliphatic rings. The summed E-state index contributed by atoms with van der Waals surface area (Å²) in [5, 5.41) is 0. The molecule has 1 unspecified atom stereocenters.